The zero-order chi connectivity index (χ0) is 18.9. The minimum atomic E-state index is -1.01. The van der Waals surface area contributed by atoms with Crippen LogP contribution in [0.3, 0.4) is 0 Å². The third-order valence-electron chi connectivity index (χ3n) is 5.34. The molecule has 0 saturated carbocycles. The molecule has 138 valence electrons. The first-order valence-electron chi connectivity index (χ1n) is 8.66. The second kappa shape index (κ2) is 7.21. The maximum atomic E-state index is 12.4. The highest BCUT2D eigenvalue weighted by molar-refractivity contribution is 6.30. The number of carbonyl (C=O) groups excluding carboxylic acids is 1. The van der Waals surface area contributed by atoms with Gasteiger partial charge in [0, 0.05) is 32.1 Å². The molecule has 1 amide bonds. The average Bonchev–Trinajstić information content (AvgIpc) is 2.64. The number of amides is 1. The number of halogens is 1. The van der Waals surface area contributed by atoms with Gasteiger partial charge in [0.1, 0.15) is 5.54 Å². The molecule has 1 aliphatic heterocycles. The summed E-state index contributed by atoms with van der Waals surface area (Å²) in [6.07, 6.45) is 5.34. The van der Waals surface area contributed by atoms with E-state index in [-0.39, 0.29) is 11.5 Å². The summed E-state index contributed by atoms with van der Waals surface area (Å²) in [5.41, 5.74) is 6.44. The van der Waals surface area contributed by atoms with Crippen LogP contribution in [-0.2, 0) is 17.4 Å². The highest BCUT2D eigenvalue weighted by Crippen LogP contribution is 2.35. The fourth-order valence-electron chi connectivity index (χ4n) is 3.62. The average molecular weight is 375 g/mol. The summed E-state index contributed by atoms with van der Waals surface area (Å²) in [5.74, 6) is -0.213. The molecule has 3 rings (SSSR count). The molecule has 2 N–H and O–H groups in total. The molecule has 0 radical (unpaired) electrons. The summed E-state index contributed by atoms with van der Waals surface area (Å²) in [6.45, 7) is 3.24. The number of pyridine rings is 2. The normalized spacial score (nSPS) is 20.5. The van der Waals surface area contributed by atoms with E-state index in [4.69, 9.17) is 17.3 Å². The number of carbonyl (C=O) groups is 1. The van der Waals surface area contributed by atoms with Crippen molar-refractivity contribution in [1.82, 2.24) is 14.5 Å². The highest BCUT2D eigenvalue weighted by Gasteiger charge is 2.43. The molecule has 1 fully saturated rings. The topological polar surface area (TPSA) is 81.2 Å². The van der Waals surface area contributed by atoms with Crippen molar-refractivity contribution in [3.63, 3.8) is 0 Å². The number of likely N-dealkylation sites (tertiary alicyclic amines) is 1. The van der Waals surface area contributed by atoms with Crippen LogP contribution in [0.1, 0.15) is 36.9 Å². The standard InChI is InChI=1S/C19H23ClN4O2/c1-19(18(21)26,16-7-6-15(20)10-22-16)24-9-3-4-13(12-24)14-5-8-17(25)23(2)11-14/h5-8,10-11,13H,3-4,9,12H2,1-2H3,(H2,21,26)/t13-,19?/m1/s1. The Morgan fingerprint density at radius 3 is 2.73 bits per heavy atom. The van der Waals surface area contributed by atoms with Crippen molar-refractivity contribution in [2.75, 3.05) is 13.1 Å². The Hall–Kier alpha value is -2.18. The van der Waals surface area contributed by atoms with E-state index in [1.807, 2.05) is 19.2 Å². The molecule has 3 heterocycles. The van der Waals surface area contributed by atoms with E-state index in [0.717, 1.165) is 24.9 Å². The summed E-state index contributed by atoms with van der Waals surface area (Å²) in [7, 11) is 1.75. The minimum Gasteiger partial charge on any atom is -0.368 e. The predicted molar refractivity (Wildman–Crippen MR) is 101 cm³/mol. The number of rotatable bonds is 4. The molecule has 0 aliphatic carbocycles. The number of aryl methyl sites for hydroxylation is 1. The van der Waals surface area contributed by atoms with Crippen molar-refractivity contribution in [2.45, 2.75) is 31.2 Å². The van der Waals surface area contributed by atoms with Crippen LogP contribution < -0.4 is 11.3 Å². The van der Waals surface area contributed by atoms with E-state index in [0.29, 0.717) is 17.3 Å². The van der Waals surface area contributed by atoms with E-state index < -0.39 is 11.4 Å². The van der Waals surface area contributed by atoms with Gasteiger partial charge in [0.15, 0.2) is 0 Å². The highest BCUT2D eigenvalue weighted by atomic mass is 35.5. The van der Waals surface area contributed by atoms with Gasteiger partial charge in [-0.15, -0.1) is 0 Å². The molecule has 0 spiro atoms. The van der Waals surface area contributed by atoms with E-state index in [1.54, 1.807) is 29.8 Å². The Bertz CT molecular complexity index is 865. The van der Waals surface area contributed by atoms with Crippen LogP contribution in [-0.4, -0.2) is 33.4 Å². The number of nitrogens with two attached hydrogens (primary N) is 1. The van der Waals surface area contributed by atoms with Crippen molar-refractivity contribution in [3.8, 4) is 0 Å². The van der Waals surface area contributed by atoms with Gasteiger partial charge in [0.25, 0.3) is 0 Å². The van der Waals surface area contributed by atoms with Gasteiger partial charge >= 0.3 is 0 Å². The van der Waals surface area contributed by atoms with Crippen LogP contribution in [0.15, 0.2) is 41.5 Å². The van der Waals surface area contributed by atoms with Crippen molar-refractivity contribution >= 4 is 17.5 Å². The Balaban J connectivity index is 1.92. The van der Waals surface area contributed by atoms with Gasteiger partial charge < -0.3 is 10.3 Å². The first-order valence-corrected chi connectivity index (χ1v) is 9.03. The smallest absolute Gasteiger partial charge is 0.250 e. The number of aromatic nitrogens is 2. The summed E-state index contributed by atoms with van der Waals surface area (Å²) in [5, 5.41) is 0.516. The van der Waals surface area contributed by atoms with E-state index in [2.05, 4.69) is 9.88 Å². The summed E-state index contributed by atoms with van der Waals surface area (Å²) in [6, 6.07) is 6.93. The largest absolute Gasteiger partial charge is 0.368 e. The van der Waals surface area contributed by atoms with Crippen molar-refractivity contribution < 1.29 is 4.79 Å². The maximum absolute atomic E-state index is 12.4. The zero-order valence-corrected chi connectivity index (χ0v) is 15.7. The lowest BCUT2D eigenvalue weighted by molar-refractivity contribution is -0.131. The third kappa shape index (κ3) is 3.39. The molecule has 7 heteroatoms. The van der Waals surface area contributed by atoms with Gasteiger partial charge in [0.2, 0.25) is 11.5 Å². The fraction of sp³-hybridized carbons (Fsp3) is 0.421. The Kier molecular flexibility index (Phi) is 5.16. The lowest BCUT2D eigenvalue weighted by Gasteiger charge is -2.43. The Labute approximate surface area is 157 Å². The maximum Gasteiger partial charge on any atom is 0.250 e. The predicted octanol–water partition coefficient (Wildman–Crippen LogP) is 2.01. The molecule has 2 atom stereocenters. The molecule has 1 aliphatic rings. The molecular formula is C19H23ClN4O2. The fourth-order valence-corrected chi connectivity index (χ4v) is 3.73. The summed E-state index contributed by atoms with van der Waals surface area (Å²) in [4.78, 5) is 30.5. The minimum absolute atomic E-state index is 0.0336. The molecule has 2 aromatic heterocycles. The monoisotopic (exact) mass is 374 g/mol. The van der Waals surface area contributed by atoms with Crippen LogP contribution in [0.2, 0.25) is 5.02 Å². The van der Waals surface area contributed by atoms with Crippen LogP contribution in [0, 0.1) is 0 Å². The van der Waals surface area contributed by atoms with E-state index in [1.165, 1.54) is 6.20 Å². The quantitative estimate of drug-likeness (QED) is 0.887. The van der Waals surface area contributed by atoms with Gasteiger partial charge in [-0.05, 0) is 49.9 Å². The molecule has 26 heavy (non-hydrogen) atoms. The first kappa shape index (κ1) is 18.6. The molecule has 1 saturated heterocycles. The zero-order valence-electron chi connectivity index (χ0n) is 15.0. The van der Waals surface area contributed by atoms with Gasteiger partial charge in [-0.3, -0.25) is 19.5 Å². The number of hydrogen-bond acceptors (Lipinski definition) is 4. The van der Waals surface area contributed by atoms with Crippen LogP contribution >= 0.6 is 11.6 Å². The number of hydrogen-bond donors (Lipinski definition) is 1. The number of nitrogens with zero attached hydrogens (tertiary/aromatic N) is 3. The van der Waals surface area contributed by atoms with Gasteiger partial charge in [0.05, 0.1) is 10.7 Å². The van der Waals surface area contributed by atoms with E-state index in [9.17, 15) is 9.59 Å². The first-order chi connectivity index (χ1) is 12.3. The summed E-state index contributed by atoms with van der Waals surface area (Å²) < 4.78 is 1.59. The van der Waals surface area contributed by atoms with Gasteiger partial charge in [-0.1, -0.05) is 17.7 Å². The lowest BCUT2D eigenvalue weighted by Crippen LogP contribution is -2.56. The second-order valence-electron chi connectivity index (χ2n) is 6.99. The van der Waals surface area contributed by atoms with Crippen molar-refractivity contribution in [3.05, 3.63) is 63.3 Å². The molecule has 1 unspecified atom stereocenters. The van der Waals surface area contributed by atoms with Crippen LogP contribution in [0.4, 0.5) is 0 Å². The molecular weight excluding hydrogens is 352 g/mol. The van der Waals surface area contributed by atoms with Crippen molar-refractivity contribution in [2.24, 2.45) is 12.8 Å². The molecule has 6 nitrogen and oxygen atoms in total. The van der Waals surface area contributed by atoms with Gasteiger partial charge in [-0.25, -0.2) is 0 Å². The third-order valence-corrected chi connectivity index (χ3v) is 5.56. The number of primary amides is 1. The molecule has 2 aromatic rings. The van der Waals surface area contributed by atoms with Crippen LogP contribution in [0.5, 0.6) is 0 Å². The van der Waals surface area contributed by atoms with E-state index >= 15 is 0 Å². The molecule has 0 aromatic carbocycles. The number of piperidine rings is 1. The SMILES string of the molecule is Cn1cc([C@@H]2CCCN(C(C)(C(N)=O)c3ccc(Cl)cn3)C2)ccc1=O. The molecule has 0 bridgehead atoms. The lowest BCUT2D eigenvalue weighted by atomic mass is 9.85. The Morgan fingerprint density at radius 1 is 1.35 bits per heavy atom. The van der Waals surface area contributed by atoms with Crippen LogP contribution in [0.25, 0.3) is 0 Å². The second-order valence-corrected chi connectivity index (χ2v) is 7.43. The van der Waals surface area contributed by atoms with Gasteiger partial charge in [-0.2, -0.15) is 0 Å². The Morgan fingerprint density at radius 2 is 2.12 bits per heavy atom. The summed E-state index contributed by atoms with van der Waals surface area (Å²) >= 11 is 5.94. The van der Waals surface area contributed by atoms with Crippen molar-refractivity contribution in [1.29, 1.82) is 0 Å².